The molecule has 0 saturated heterocycles. The fourth-order valence-corrected chi connectivity index (χ4v) is 3.64. The molecule has 0 amide bonds. The third-order valence-electron chi connectivity index (χ3n) is 2.58. The van der Waals surface area contributed by atoms with Crippen LogP contribution in [0.4, 0.5) is 0 Å². The third kappa shape index (κ3) is 2.87. The molecular weight excluding hydrogens is 364 g/mol. The summed E-state index contributed by atoms with van der Waals surface area (Å²) in [5.41, 5.74) is 1.05. The maximum atomic E-state index is 12.3. The highest BCUT2D eigenvalue weighted by atomic mass is 79.9. The van der Waals surface area contributed by atoms with Crippen LogP contribution in [-0.4, -0.2) is 5.78 Å². The van der Waals surface area contributed by atoms with Crippen LogP contribution in [0.3, 0.4) is 0 Å². The Morgan fingerprint density at radius 3 is 2.41 bits per heavy atom. The lowest BCUT2D eigenvalue weighted by Crippen LogP contribution is -2.07. The summed E-state index contributed by atoms with van der Waals surface area (Å²) in [5, 5.41) is 0. The van der Waals surface area contributed by atoms with E-state index in [1.807, 2.05) is 43.3 Å². The Balaban J connectivity index is 2.26. The molecule has 4 heteroatoms. The highest BCUT2D eigenvalue weighted by Gasteiger charge is 2.19. The van der Waals surface area contributed by atoms with Gasteiger partial charge in [-0.25, -0.2) is 0 Å². The molecule has 1 aromatic heterocycles. The lowest BCUT2D eigenvalue weighted by molar-refractivity contribution is 0.0970. The van der Waals surface area contributed by atoms with E-state index in [2.05, 4.69) is 31.9 Å². The molecule has 0 aliphatic heterocycles. The van der Waals surface area contributed by atoms with E-state index >= 15 is 0 Å². The molecule has 1 heterocycles. The molecule has 0 aliphatic carbocycles. The molecule has 0 spiro atoms. The molecule has 0 N–H and O–H groups in total. The van der Waals surface area contributed by atoms with Gasteiger partial charge in [0.05, 0.1) is 8.66 Å². The third-order valence-corrected chi connectivity index (χ3v) is 5.85. The smallest absolute Gasteiger partial charge is 0.180 e. The van der Waals surface area contributed by atoms with Crippen molar-refractivity contribution in [2.24, 2.45) is 0 Å². The van der Waals surface area contributed by atoms with Crippen LogP contribution in [0, 0.1) is 0 Å². The van der Waals surface area contributed by atoms with Crippen molar-refractivity contribution in [3.05, 3.63) is 55.1 Å². The first-order chi connectivity index (χ1) is 8.09. The summed E-state index contributed by atoms with van der Waals surface area (Å²) in [6.45, 7) is 1.94. The molecule has 0 aliphatic rings. The van der Waals surface area contributed by atoms with Gasteiger partial charge in [0, 0.05) is 10.4 Å². The van der Waals surface area contributed by atoms with E-state index in [1.165, 1.54) is 11.3 Å². The van der Waals surface area contributed by atoms with Crippen molar-refractivity contribution in [1.29, 1.82) is 0 Å². The van der Waals surface area contributed by atoms with Gasteiger partial charge >= 0.3 is 0 Å². The second-order valence-corrected chi connectivity index (χ2v) is 6.95. The van der Waals surface area contributed by atoms with Gasteiger partial charge in [-0.15, -0.1) is 11.3 Å². The lowest BCUT2D eigenvalue weighted by Gasteiger charge is -2.08. The number of halogens is 2. The van der Waals surface area contributed by atoms with E-state index < -0.39 is 0 Å². The average Bonchev–Trinajstić information content (AvgIpc) is 2.69. The fourth-order valence-electron chi connectivity index (χ4n) is 1.57. The van der Waals surface area contributed by atoms with E-state index in [0.717, 1.165) is 18.7 Å². The predicted molar refractivity (Wildman–Crippen MR) is 78.9 cm³/mol. The molecule has 0 fully saturated rings. The lowest BCUT2D eigenvalue weighted by atomic mass is 9.96. The van der Waals surface area contributed by atoms with Crippen molar-refractivity contribution < 1.29 is 4.79 Å². The van der Waals surface area contributed by atoms with E-state index in [-0.39, 0.29) is 11.7 Å². The van der Waals surface area contributed by atoms with Gasteiger partial charge in [0.2, 0.25) is 0 Å². The van der Waals surface area contributed by atoms with E-state index in [0.29, 0.717) is 0 Å². The minimum Gasteiger partial charge on any atom is -0.293 e. The molecular formula is C13H10Br2OS. The Bertz CT molecular complexity index is 514. The van der Waals surface area contributed by atoms with Gasteiger partial charge in [0.1, 0.15) is 0 Å². The number of rotatable bonds is 3. The monoisotopic (exact) mass is 372 g/mol. The fraction of sp³-hybridized carbons (Fsp3) is 0.154. The average molecular weight is 374 g/mol. The summed E-state index contributed by atoms with van der Waals surface area (Å²) in [7, 11) is 0. The van der Waals surface area contributed by atoms with Gasteiger partial charge in [0.25, 0.3) is 0 Å². The first kappa shape index (κ1) is 13.0. The Labute approximate surface area is 121 Å². The summed E-state index contributed by atoms with van der Waals surface area (Å²) >= 11 is 8.28. The number of Topliss-reactive ketones (excluding diaryl/α,β-unsaturated/α-hetero) is 1. The summed E-state index contributed by atoms with van der Waals surface area (Å²) < 4.78 is 1.90. The maximum Gasteiger partial charge on any atom is 0.180 e. The summed E-state index contributed by atoms with van der Waals surface area (Å²) in [4.78, 5) is 13.1. The van der Waals surface area contributed by atoms with Gasteiger partial charge in [-0.1, -0.05) is 37.3 Å². The first-order valence-corrected chi connectivity index (χ1v) is 7.54. The molecule has 2 rings (SSSR count). The Kier molecular flexibility index (Phi) is 4.17. The van der Waals surface area contributed by atoms with E-state index in [1.54, 1.807) is 0 Å². The van der Waals surface area contributed by atoms with Crippen molar-refractivity contribution in [2.75, 3.05) is 0 Å². The second-order valence-electron chi connectivity index (χ2n) is 3.73. The molecule has 0 bridgehead atoms. The molecule has 1 unspecified atom stereocenters. The molecule has 2 aromatic rings. The summed E-state index contributed by atoms with van der Waals surface area (Å²) in [6, 6.07) is 11.7. The largest absolute Gasteiger partial charge is 0.293 e. The number of thiophene rings is 1. The number of hydrogen-bond donors (Lipinski definition) is 0. The molecule has 1 atom stereocenters. The van der Waals surface area contributed by atoms with Crippen molar-refractivity contribution in [2.45, 2.75) is 12.8 Å². The quantitative estimate of drug-likeness (QED) is 0.670. The zero-order valence-electron chi connectivity index (χ0n) is 9.11. The zero-order chi connectivity index (χ0) is 12.4. The topological polar surface area (TPSA) is 17.1 Å². The van der Waals surface area contributed by atoms with Gasteiger partial charge in [-0.3, -0.25) is 4.79 Å². The number of benzene rings is 1. The van der Waals surface area contributed by atoms with Gasteiger partial charge < -0.3 is 0 Å². The number of carbonyl (C=O) groups is 1. The minimum atomic E-state index is -0.103. The zero-order valence-corrected chi connectivity index (χ0v) is 13.1. The maximum absolute atomic E-state index is 12.3. The SMILES string of the molecule is CC(C(=O)c1cc(Br)c(Br)s1)c1ccccc1. The van der Waals surface area contributed by atoms with Crippen LogP contribution in [0.15, 0.2) is 44.7 Å². The van der Waals surface area contributed by atoms with Crippen LogP contribution >= 0.6 is 43.2 Å². The molecule has 17 heavy (non-hydrogen) atoms. The van der Waals surface area contributed by atoms with Crippen molar-refractivity contribution in [3.63, 3.8) is 0 Å². The van der Waals surface area contributed by atoms with Crippen LogP contribution in [0.5, 0.6) is 0 Å². The van der Waals surface area contributed by atoms with Crippen LogP contribution < -0.4 is 0 Å². The van der Waals surface area contributed by atoms with Gasteiger partial charge in [-0.05, 0) is 43.5 Å². The van der Waals surface area contributed by atoms with Crippen molar-refractivity contribution in [1.82, 2.24) is 0 Å². The number of hydrogen-bond acceptors (Lipinski definition) is 2. The first-order valence-electron chi connectivity index (χ1n) is 5.13. The summed E-state index contributed by atoms with van der Waals surface area (Å²) in [5.74, 6) is 0.0567. The minimum absolute atomic E-state index is 0.103. The van der Waals surface area contributed by atoms with Crippen LogP contribution in [0.2, 0.25) is 0 Å². The Morgan fingerprint density at radius 2 is 1.88 bits per heavy atom. The highest BCUT2D eigenvalue weighted by molar-refractivity contribution is 9.13. The van der Waals surface area contributed by atoms with Crippen molar-refractivity contribution >= 4 is 49.0 Å². The van der Waals surface area contributed by atoms with E-state index in [4.69, 9.17) is 0 Å². The van der Waals surface area contributed by atoms with E-state index in [9.17, 15) is 4.79 Å². The van der Waals surface area contributed by atoms with Gasteiger partial charge in [-0.2, -0.15) is 0 Å². The number of carbonyl (C=O) groups excluding carboxylic acids is 1. The predicted octanol–water partition coefficient (Wildman–Crippen LogP) is 5.26. The standard InChI is InChI=1S/C13H10Br2OS/c1-8(9-5-3-2-4-6-9)12(16)11-7-10(14)13(15)17-11/h2-8H,1H3. The second kappa shape index (κ2) is 5.46. The number of ketones is 1. The molecule has 0 radical (unpaired) electrons. The molecule has 88 valence electrons. The Morgan fingerprint density at radius 1 is 1.24 bits per heavy atom. The summed E-state index contributed by atoms with van der Waals surface area (Å²) in [6.07, 6.45) is 0. The molecule has 1 nitrogen and oxygen atoms in total. The van der Waals surface area contributed by atoms with Crippen LogP contribution in [-0.2, 0) is 0 Å². The van der Waals surface area contributed by atoms with Crippen molar-refractivity contribution in [3.8, 4) is 0 Å². The normalized spacial score (nSPS) is 12.4. The molecule has 0 saturated carbocycles. The van der Waals surface area contributed by atoms with Crippen LogP contribution in [0.1, 0.15) is 28.1 Å². The highest BCUT2D eigenvalue weighted by Crippen LogP contribution is 2.34. The molecule has 1 aromatic carbocycles. The van der Waals surface area contributed by atoms with Gasteiger partial charge in [0.15, 0.2) is 5.78 Å². The Hall–Kier alpha value is -0.450. The van der Waals surface area contributed by atoms with Crippen LogP contribution in [0.25, 0.3) is 0 Å².